The largest absolute Gasteiger partial charge is 0.368 e. The summed E-state index contributed by atoms with van der Waals surface area (Å²) in [5, 5.41) is 8.95. The molecule has 1 aliphatic heterocycles. The van der Waals surface area contributed by atoms with E-state index in [2.05, 4.69) is 61.3 Å². The van der Waals surface area contributed by atoms with Gasteiger partial charge in [0.1, 0.15) is 11.2 Å². The topological polar surface area (TPSA) is 76.7 Å². The first-order valence-corrected chi connectivity index (χ1v) is 10.6. The van der Waals surface area contributed by atoms with Crippen molar-refractivity contribution in [1.29, 1.82) is 0 Å². The third kappa shape index (κ3) is 3.14. The number of pyridine rings is 2. The number of aromatic amines is 2. The Morgan fingerprint density at radius 2 is 1.84 bits per heavy atom. The van der Waals surface area contributed by atoms with Crippen LogP contribution in [0.3, 0.4) is 0 Å². The number of rotatable bonds is 3. The predicted octanol–water partition coefficient (Wildman–Crippen LogP) is 3.92. The zero-order chi connectivity index (χ0) is 20.8. The molecule has 0 amide bonds. The number of nitrogens with zero attached hydrogens (tertiary/aromatic N) is 5. The maximum atomic E-state index is 4.90. The van der Waals surface area contributed by atoms with Gasteiger partial charge in [0.2, 0.25) is 0 Å². The molecule has 7 heteroatoms. The van der Waals surface area contributed by atoms with Crippen molar-refractivity contribution in [1.82, 2.24) is 30.0 Å². The summed E-state index contributed by atoms with van der Waals surface area (Å²) in [5.74, 6) is 0. The molecule has 0 bridgehead atoms. The highest BCUT2D eigenvalue weighted by molar-refractivity contribution is 5.99. The number of piperazine rings is 1. The van der Waals surface area contributed by atoms with Gasteiger partial charge in [0.25, 0.3) is 0 Å². The van der Waals surface area contributed by atoms with E-state index in [9.17, 15) is 0 Å². The van der Waals surface area contributed by atoms with Crippen LogP contribution in [-0.4, -0.2) is 63.3 Å². The lowest BCUT2D eigenvalue weighted by Gasteiger charge is -2.34. The molecule has 5 aromatic rings. The lowest BCUT2D eigenvalue weighted by atomic mass is 10.1. The highest BCUT2D eigenvalue weighted by atomic mass is 15.2. The second kappa shape index (κ2) is 7.21. The SMILES string of the molecule is CN1CCN(c2cccc3[nH]c(-c4n[nH]c5ccc(-c6cccnc6)nc45)cc23)CC1. The molecular formula is C24H23N7. The summed E-state index contributed by atoms with van der Waals surface area (Å²) in [7, 11) is 2.18. The van der Waals surface area contributed by atoms with Gasteiger partial charge in [0.05, 0.1) is 16.9 Å². The third-order valence-corrected chi connectivity index (χ3v) is 6.11. The first-order chi connectivity index (χ1) is 15.3. The van der Waals surface area contributed by atoms with Crippen molar-refractivity contribution >= 4 is 27.6 Å². The summed E-state index contributed by atoms with van der Waals surface area (Å²) in [5.41, 5.74) is 7.85. The van der Waals surface area contributed by atoms with Crippen molar-refractivity contribution < 1.29 is 0 Å². The normalized spacial score (nSPS) is 15.2. The molecular weight excluding hydrogens is 386 g/mol. The Balaban J connectivity index is 1.44. The standard InChI is InChI=1S/C24H23N7/c1-30-10-12-31(13-11-30)22-6-2-5-19-17(22)14-21(26-19)24-23-20(28-29-24)8-7-18(27-23)16-4-3-9-25-15-16/h2-9,14-15,26H,10-13H2,1H3,(H,28,29). The van der Waals surface area contributed by atoms with Crippen LogP contribution in [0.4, 0.5) is 5.69 Å². The molecule has 0 atom stereocenters. The molecule has 0 saturated carbocycles. The molecule has 0 radical (unpaired) electrons. The number of H-pyrrole nitrogens is 2. The van der Waals surface area contributed by atoms with Crippen LogP contribution in [0.15, 0.2) is 60.9 Å². The minimum atomic E-state index is 0.835. The smallest absolute Gasteiger partial charge is 0.135 e. The minimum Gasteiger partial charge on any atom is -0.368 e. The van der Waals surface area contributed by atoms with Gasteiger partial charge in [-0.1, -0.05) is 6.07 Å². The van der Waals surface area contributed by atoms with Gasteiger partial charge in [-0.15, -0.1) is 0 Å². The predicted molar refractivity (Wildman–Crippen MR) is 124 cm³/mol. The van der Waals surface area contributed by atoms with Crippen LogP contribution in [0.2, 0.25) is 0 Å². The van der Waals surface area contributed by atoms with Crippen LogP contribution in [0.25, 0.3) is 44.6 Å². The number of hydrogen-bond acceptors (Lipinski definition) is 5. The molecule has 2 N–H and O–H groups in total. The van der Waals surface area contributed by atoms with Gasteiger partial charge in [0, 0.05) is 60.7 Å². The van der Waals surface area contributed by atoms with Crippen LogP contribution in [0, 0.1) is 0 Å². The van der Waals surface area contributed by atoms with E-state index >= 15 is 0 Å². The van der Waals surface area contributed by atoms with Crippen LogP contribution in [-0.2, 0) is 0 Å². The Morgan fingerprint density at radius 1 is 0.935 bits per heavy atom. The molecule has 1 saturated heterocycles. The van der Waals surface area contributed by atoms with Gasteiger partial charge in [-0.2, -0.15) is 5.10 Å². The summed E-state index contributed by atoms with van der Waals surface area (Å²) in [6.07, 6.45) is 3.60. The molecule has 4 aromatic heterocycles. The monoisotopic (exact) mass is 409 g/mol. The fourth-order valence-corrected chi connectivity index (χ4v) is 4.35. The van der Waals surface area contributed by atoms with E-state index in [4.69, 9.17) is 4.98 Å². The van der Waals surface area contributed by atoms with E-state index in [1.807, 2.05) is 30.5 Å². The fraction of sp³-hybridized carbons (Fsp3) is 0.208. The Kier molecular flexibility index (Phi) is 4.21. The maximum absolute atomic E-state index is 4.90. The number of aromatic nitrogens is 5. The number of nitrogens with one attached hydrogen (secondary N) is 2. The molecule has 1 aromatic carbocycles. The number of benzene rings is 1. The molecule has 5 heterocycles. The van der Waals surface area contributed by atoms with E-state index in [1.165, 1.54) is 11.1 Å². The Hall–Kier alpha value is -3.71. The van der Waals surface area contributed by atoms with Crippen molar-refractivity contribution in [3.8, 4) is 22.6 Å². The number of anilines is 1. The first-order valence-electron chi connectivity index (χ1n) is 10.6. The summed E-state index contributed by atoms with van der Waals surface area (Å²) in [6, 6.07) is 16.6. The zero-order valence-corrected chi connectivity index (χ0v) is 17.3. The highest BCUT2D eigenvalue weighted by Gasteiger charge is 2.19. The van der Waals surface area contributed by atoms with E-state index in [0.29, 0.717) is 0 Å². The molecule has 0 spiro atoms. The van der Waals surface area contributed by atoms with Gasteiger partial charge in [-0.05, 0) is 49.5 Å². The van der Waals surface area contributed by atoms with Gasteiger partial charge in [-0.25, -0.2) is 4.98 Å². The third-order valence-electron chi connectivity index (χ3n) is 6.11. The van der Waals surface area contributed by atoms with Crippen LogP contribution < -0.4 is 4.90 Å². The first kappa shape index (κ1) is 18.1. The van der Waals surface area contributed by atoms with Crippen LogP contribution in [0.5, 0.6) is 0 Å². The zero-order valence-electron chi connectivity index (χ0n) is 17.3. The molecule has 0 unspecified atom stereocenters. The summed E-state index contributed by atoms with van der Waals surface area (Å²) in [4.78, 5) is 17.5. The van der Waals surface area contributed by atoms with Crippen molar-refractivity contribution in [3.63, 3.8) is 0 Å². The molecule has 0 aliphatic carbocycles. The van der Waals surface area contributed by atoms with E-state index in [1.54, 1.807) is 6.20 Å². The number of likely N-dealkylation sites (N-methyl/N-ethyl adjacent to an activating group) is 1. The van der Waals surface area contributed by atoms with Crippen molar-refractivity contribution in [2.75, 3.05) is 38.1 Å². The average Bonchev–Trinajstić information content (AvgIpc) is 3.43. The maximum Gasteiger partial charge on any atom is 0.135 e. The van der Waals surface area contributed by atoms with E-state index in [0.717, 1.165) is 65.4 Å². The molecule has 31 heavy (non-hydrogen) atoms. The molecule has 6 rings (SSSR count). The average molecular weight is 409 g/mol. The second-order valence-electron chi connectivity index (χ2n) is 8.12. The van der Waals surface area contributed by atoms with Gasteiger partial charge in [-0.3, -0.25) is 10.1 Å². The Labute approximate surface area is 179 Å². The minimum absolute atomic E-state index is 0.835. The van der Waals surface area contributed by atoms with E-state index in [-0.39, 0.29) is 0 Å². The highest BCUT2D eigenvalue weighted by Crippen LogP contribution is 2.33. The summed E-state index contributed by atoms with van der Waals surface area (Å²) < 4.78 is 0. The summed E-state index contributed by atoms with van der Waals surface area (Å²) >= 11 is 0. The van der Waals surface area contributed by atoms with Gasteiger partial charge in [0.15, 0.2) is 0 Å². The van der Waals surface area contributed by atoms with Crippen molar-refractivity contribution in [2.45, 2.75) is 0 Å². The van der Waals surface area contributed by atoms with Crippen molar-refractivity contribution in [3.05, 3.63) is 60.9 Å². The van der Waals surface area contributed by atoms with Crippen molar-refractivity contribution in [2.24, 2.45) is 0 Å². The van der Waals surface area contributed by atoms with Crippen LogP contribution >= 0.6 is 0 Å². The molecule has 1 fully saturated rings. The lowest BCUT2D eigenvalue weighted by molar-refractivity contribution is 0.313. The Bertz CT molecular complexity index is 1360. The Morgan fingerprint density at radius 3 is 2.68 bits per heavy atom. The molecule has 1 aliphatic rings. The summed E-state index contributed by atoms with van der Waals surface area (Å²) in [6.45, 7) is 4.24. The van der Waals surface area contributed by atoms with Crippen LogP contribution in [0.1, 0.15) is 0 Å². The molecule has 7 nitrogen and oxygen atoms in total. The van der Waals surface area contributed by atoms with E-state index < -0.39 is 0 Å². The fourth-order valence-electron chi connectivity index (χ4n) is 4.35. The quantitative estimate of drug-likeness (QED) is 0.472. The second-order valence-corrected chi connectivity index (χ2v) is 8.12. The van der Waals surface area contributed by atoms with Gasteiger partial charge >= 0.3 is 0 Å². The lowest BCUT2D eigenvalue weighted by Crippen LogP contribution is -2.44. The number of fused-ring (bicyclic) bond motifs is 2. The van der Waals surface area contributed by atoms with Gasteiger partial charge < -0.3 is 14.8 Å². The molecule has 154 valence electrons. The number of hydrogen-bond donors (Lipinski definition) is 2.